The van der Waals surface area contributed by atoms with E-state index in [0.29, 0.717) is 42.0 Å². The molecule has 3 aromatic carbocycles. The first-order chi connectivity index (χ1) is 23.9. The van der Waals surface area contributed by atoms with E-state index in [-0.39, 0.29) is 64.1 Å². The average molecular weight is 710 g/mol. The first-order valence-electron chi connectivity index (χ1n) is 17.0. The Kier molecular flexibility index (Phi) is 9.38. The first kappa shape index (κ1) is 34.4. The lowest BCUT2D eigenvalue weighted by atomic mass is 9.95. The molecule has 3 aliphatic rings. The van der Waals surface area contributed by atoms with Gasteiger partial charge in [-0.3, -0.25) is 4.90 Å². The van der Waals surface area contributed by atoms with Crippen LogP contribution in [0.3, 0.4) is 0 Å². The summed E-state index contributed by atoms with van der Waals surface area (Å²) < 4.78 is 55.4. The Morgan fingerprint density at radius 3 is 2.48 bits per heavy atom. The van der Waals surface area contributed by atoms with Crippen LogP contribution in [0.25, 0.3) is 32.8 Å². The number of carbonyl (C=O) groups is 1. The molecule has 0 radical (unpaired) electrons. The number of anilines is 1. The Labute approximate surface area is 295 Å². The van der Waals surface area contributed by atoms with Crippen molar-refractivity contribution in [2.24, 2.45) is 0 Å². The second-order valence-electron chi connectivity index (χ2n) is 14.4. The van der Waals surface area contributed by atoms with Gasteiger partial charge in [-0.05, 0) is 89.7 Å². The van der Waals surface area contributed by atoms with Gasteiger partial charge in [0.1, 0.15) is 35.1 Å². The Morgan fingerprint density at radius 1 is 1.04 bits per heavy atom. The van der Waals surface area contributed by atoms with E-state index in [1.54, 1.807) is 30.3 Å². The SMILES string of the molecule is COCOc1cc(-c2c(Cl)cc3c(N4CC5CCC(C4)N5C(=O)OC(C)(C)C)nc(OC[C@@H]4CCCN4C)nc3c2F)c2c(F)cccc2c1. The highest BCUT2D eigenvalue weighted by atomic mass is 35.5. The lowest BCUT2D eigenvalue weighted by Crippen LogP contribution is -2.57. The van der Waals surface area contributed by atoms with Crippen molar-refractivity contribution in [1.29, 1.82) is 0 Å². The molecule has 3 saturated heterocycles. The summed E-state index contributed by atoms with van der Waals surface area (Å²) in [5.74, 6) is -0.437. The summed E-state index contributed by atoms with van der Waals surface area (Å²) in [5.41, 5.74) is -0.418. The molecule has 0 saturated carbocycles. The fourth-order valence-electron chi connectivity index (χ4n) is 7.52. The summed E-state index contributed by atoms with van der Waals surface area (Å²) in [7, 11) is 3.54. The molecule has 13 heteroatoms. The lowest BCUT2D eigenvalue weighted by Gasteiger charge is -2.42. The molecule has 266 valence electrons. The van der Waals surface area contributed by atoms with E-state index < -0.39 is 17.2 Å². The zero-order chi connectivity index (χ0) is 35.3. The lowest BCUT2D eigenvalue weighted by molar-refractivity contribution is 0.0122. The van der Waals surface area contributed by atoms with Crippen LogP contribution in [0.2, 0.25) is 5.02 Å². The summed E-state index contributed by atoms with van der Waals surface area (Å²) >= 11 is 6.95. The number of piperazine rings is 1. The number of methoxy groups -OCH3 is 1. The smallest absolute Gasteiger partial charge is 0.410 e. The second-order valence-corrected chi connectivity index (χ2v) is 14.8. The van der Waals surface area contributed by atoms with Gasteiger partial charge in [0.05, 0.1) is 17.1 Å². The maximum absolute atomic E-state index is 17.2. The van der Waals surface area contributed by atoms with Crippen molar-refractivity contribution in [2.75, 3.05) is 52.1 Å². The van der Waals surface area contributed by atoms with Crippen molar-refractivity contribution >= 4 is 45.2 Å². The zero-order valence-electron chi connectivity index (χ0n) is 29.0. The molecule has 4 aromatic rings. The van der Waals surface area contributed by atoms with Crippen molar-refractivity contribution in [3.8, 4) is 22.9 Å². The standard InChI is InChI=1S/C37H42ClF2N5O5/c1-37(2,3)50-36(46)45-22-11-12-23(45)18-44(17-22)34-27-16-28(38)31(26-15-25(49-20-47-5)14-21-8-6-10-29(39)30(21)26)32(40)33(27)41-35(42-34)48-19-24-9-7-13-43(24)4/h6,8,10,14-16,22-24H,7,9,11-13,17-20H2,1-5H3/t22?,23?,24-/m0/s1. The molecule has 50 heavy (non-hydrogen) atoms. The normalized spacial score (nSPS) is 21.0. The number of hydrogen-bond donors (Lipinski definition) is 0. The minimum Gasteiger partial charge on any atom is -0.468 e. The highest BCUT2D eigenvalue weighted by molar-refractivity contribution is 6.35. The summed E-state index contributed by atoms with van der Waals surface area (Å²) in [6.07, 6.45) is 3.31. The van der Waals surface area contributed by atoms with Gasteiger partial charge in [0, 0.05) is 48.1 Å². The number of benzene rings is 3. The summed E-state index contributed by atoms with van der Waals surface area (Å²) in [4.78, 5) is 28.8. The number of ether oxygens (including phenoxy) is 4. The molecule has 1 aromatic heterocycles. The molecule has 0 aliphatic carbocycles. The van der Waals surface area contributed by atoms with Crippen LogP contribution in [0.4, 0.5) is 19.4 Å². The van der Waals surface area contributed by atoms with Gasteiger partial charge in [-0.15, -0.1) is 0 Å². The quantitative estimate of drug-likeness (QED) is 0.173. The van der Waals surface area contributed by atoms with Gasteiger partial charge >= 0.3 is 12.1 Å². The van der Waals surface area contributed by atoms with E-state index >= 15 is 8.78 Å². The number of likely N-dealkylation sites (tertiary alicyclic amines) is 1. The third kappa shape index (κ3) is 6.60. The minimum atomic E-state index is -0.734. The van der Waals surface area contributed by atoms with Gasteiger partial charge in [-0.25, -0.2) is 13.6 Å². The first-order valence-corrected chi connectivity index (χ1v) is 17.4. The van der Waals surface area contributed by atoms with Crippen molar-refractivity contribution in [3.05, 3.63) is 53.1 Å². The third-order valence-corrected chi connectivity index (χ3v) is 10.1. The summed E-state index contributed by atoms with van der Waals surface area (Å²) in [5, 5.41) is 1.16. The van der Waals surface area contributed by atoms with Crippen LogP contribution in [-0.4, -0.2) is 96.8 Å². The highest BCUT2D eigenvalue weighted by Crippen LogP contribution is 2.44. The van der Waals surface area contributed by atoms with Crippen LogP contribution in [0.1, 0.15) is 46.5 Å². The van der Waals surface area contributed by atoms with Crippen LogP contribution in [0, 0.1) is 11.6 Å². The molecular formula is C37H42ClF2N5O5. The van der Waals surface area contributed by atoms with E-state index in [0.717, 1.165) is 32.2 Å². The second kappa shape index (κ2) is 13.6. The minimum absolute atomic E-state index is 0.00111. The van der Waals surface area contributed by atoms with Gasteiger partial charge in [0.25, 0.3) is 0 Å². The van der Waals surface area contributed by atoms with E-state index in [4.69, 9.17) is 35.5 Å². The molecule has 0 spiro atoms. The maximum Gasteiger partial charge on any atom is 0.410 e. The number of likely N-dealkylation sites (N-methyl/N-ethyl adjacent to an activating group) is 1. The van der Waals surface area contributed by atoms with Crippen LogP contribution in [0.5, 0.6) is 11.8 Å². The zero-order valence-corrected chi connectivity index (χ0v) is 29.7. The number of carbonyl (C=O) groups excluding carboxylic acids is 1. The van der Waals surface area contributed by atoms with Crippen LogP contribution in [-0.2, 0) is 9.47 Å². The number of halogens is 3. The molecule has 3 fully saturated rings. The summed E-state index contributed by atoms with van der Waals surface area (Å²) in [6, 6.07) is 9.49. The fraction of sp³-hybridized carbons (Fsp3) is 0.486. The topological polar surface area (TPSA) is 89.5 Å². The van der Waals surface area contributed by atoms with Gasteiger partial charge < -0.3 is 28.7 Å². The van der Waals surface area contributed by atoms with Crippen molar-refractivity contribution in [1.82, 2.24) is 19.8 Å². The molecule has 3 atom stereocenters. The maximum atomic E-state index is 17.2. The van der Waals surface area contributed by atoms with Crippen LogP contribution in [0.15, 0.2) is 36.4 Å². The van der Waals surface area contributed by atoms with E-state index in [1.165, 1.54) is 13.2 Å². The molecule has 3 aliphatic heterocycles. The molecule has 0 N–H and O–H groups in total. The van der Waals surface area contributed by atoms with Crippen molar-refractivity contribution < 1.29 is 32.5 Å². The number of rotatable bonds is 8. The average Bonchev–Trinajstić information content (AvgIpc) is 3.60. The van der Waals surface area contributed by atoms with Gasteiger partial charge in [-0.2, -0.15) is 9.97 Å². The molecule has 7 rings (SSSR count). The number of hydrogen-bond acceptors (Lipinski definition) is 9. The predicted molar refractivity (Wildman–Crippen MR) is 188 cm³/mol. The summed E-state index contributed by atoms with van der Waals surface area (Å²) in [6.45, 7) is 7.75. The Morgan fingerprint density at radius 2 is 1.80 bits per heavy atom. The Bertz CT molecular complexity index is 1930. The highest BCUT2D eigenvalue weighted by Gasteiger charge is 2.45. The number of aromatic nitrogens is 2. The molecular weight excluding hydrogens is 668 g/mol. The van der Waals surface area contributed by atoms with E-state index in [2.05, 4.69) is 21.8 Å². The molecule has 4 heterocycles. The Hall–Kier alpha value is -4.00. The molecule has 2 unspecified atom stereocenters. The van der Waals surface area contributed by atoms with Crippen LogP contribution >= 0.6 is 11.6 Å². The molecule has 10 nitrogen and oxygen atoms in total. The van der Waals surface area contributed by atoms with Gasteiger partial charge in [-0.1, -0.05) is 23.7 Å². The van der Waals surface area contributed by atoms with Gasteiger partial charge in [0.2, 0.25) is 0 Å². The Balaban J connectivity index is 1.34. The van der Waals surface area contributed by atoms with Crippen molar-refractivity contribution in [2.45, 2.75) is 70.2 Å². The molecule has 1 amide bonds. The largest absolute Gasteiger partial charge is 0.468 e. The monoisotopic (exact) mass is 709 g/mol. The number of amides is 1. The number of nitrogens with zero attached hydrogens (tertiary/aromatic N) is 5. The third-order valence-electron chi connectivity index (χ3n) is 9.82. The molecule has 2 bridgehead atoms. The number of fused-ring (bicyclic) bond motifs is 4. The fourth-order valence-corrected chi connectivity index (χ4v) is 7.82. The van der Waals surface area contributed by atoms with Crippen LogP contribution < -0.4 is 14.4 Å². The van der Waals surface area contributed by atoms with Gasteiger partial charge in [0.15, 0.2) is 12.6 Å². The van der Waals surface area contributed by atoms with Crippen molar-refractivity contribution in [3.63, 3.8) is 0 Å². The predicted octanol–water partition coefficient (Wildman–Crippen LogP) is 7.43. The van der Waals surface area contributed by atoms with E-state index in [9.17, 15) is 4.79 Å². The van der Waals surface area contributed by atoms with E-state index in [1.807, 2.05) is 25.7 Å².